The van der Waals surface area contributed by atoms with E-state index in [-0.39, 0.29) is 6.07 Å². The molecule has 1 aliphatic heterocycles. The molecule has 1 N–H and O–H groups in total. The number of carbonyl (C=O) groups is 1. The third kappa shape index (κ3) is 2.19. The summed E-state index contributed by atoms with van der Waals surface area (Å²) in [5.74, 6) is -4.98. The highest BCUT2D eigenvalue weighted by molar-refractivity contribution is 5.97. The van der Waals surface area contributed by atoms with E-state index in [1.807, 2.05) is 0 Å². The Hall–Kier alpha value is -2.19. The molecule has 1 aromatic rings. The van der Waals surface area contributed by atoms with Crippen molar-refractivity contribution in [1.29, 1.82) is 0 Å². The SMILES string of the molecule is O=C(O)C1=Cc2cc(F)c(F)cc2N(F)C1C(F)(F)F. The van der Waals surface area contributed by atoms with E-state index < -0.39 is 51.8 Å². The summed E-state index contributed by atoms with van der Waals surface area (Å²) < 4.78 is 77.9. The summed E-state index contributed by atoms with van der Waals surface area (Å²) in [6.45, 7) is 0. The molecule has 1 aliphatic rings. The number of carboxylic acid groups (broad SMARTS) is 1. The summed E-state index contributed by atoms with van der Waals surface area (Å²) in [5, 5.41) is 7.78. The standard InChI is InChI=1S/C11H5F6NO2/c12-6-2-4-1-5(10(19)20)9(11(14,15)16)18(17)8(4)3-7(6)13/h1-3,9H,(H,19,20). The monoisotopic (exact) mass is 297 g/mol. The van der Waals surface area contributed by atoms with Crippen LogP contribution >= 0.6 is 0 Å². The number of alkyl halides is 3. The van der Waals surface area contributed by atoms with E-state index in [4.69, 9.17) is 5.11 Å². The number of hydrogen-bond acceptors (Lipinski definition) is 2. The van der Waals surface area contributed by atoms with Crippen molar-refractivity contribution in [3.63, 3.8) is 0 Å². The summed E-state index contributed by atoms with van der Waals surface area (Å²) >= 11 is 0. The number of hydrogen-bond donors (Lipinski definition) is 1. The van der Waals surface area contributed by atoms with Crippen molar-refractivity contribution in [3.8, 4) is 0 Å². The summed E-state index contributed by atoms with van der Waals surface area (Å²) in [6, 6.07) is -2.43. The van der Waals surface area contributed by atoms with Gasteiger partial charge in [-0.05, 0) is 12.1 Å². The van der Waals surface area contributed by atoms with Gasteiger partial charge in [0.25, 0.3) is 0 Å². The van der Waals surface area contributed by atoms with Gasteiger partial charge in [-0.2, -0.15) is 18.3 Å². The molecule has 3 nitrogen and oxygen atoms in total. The lowest BCUT2D eigenvalue weighted by molar-refractivity contribution is -0.155. The molecule has 0 aromatic heterocycles. The number of benzene rings is 1. The minimum absolute atomic E-state index is 0.235. The maximum Gasteiger partial charge on any atom is 0.416 e. The van der Waals surface area contributed by atoms with Crippen molar-refractivity contribution in [3.05, 3.63) is 34.9 Å². The molecule has 0 bridgehead atoms. The molecular formula is C11H5F6NO2. The van der Waals surface area contributed by atoms with Gasteiger partial charge in [0.1, 0.15) is 0 Å². The van der Waals surface area contributed by atoms with Crippen LogP contribution in [0.15, 0.2) is 17.7 Å². The van der Waals surface area contributed by atoms with Crippen molar-refractivity contribution < 1.29 is 36.3 Å². The first kappa shape index (κ1) is 14.2. The number of nitrogens with zero attached hydrogens (tertiary/aromatic N) is 1. The maximum absolute atomic E-state index is 13.8. The Bertz CT molecular complexity index is 610. The summed E-state index contributed by atoms with van der Waals surface area (Å²) in [6.07, 6.45) is -4.77. The normalized spacial score (nSPS) is 18.6. The quantitative estimate of drug-likeness (QED) is 0.640. The van der Waals surface area contributed by atoms with Crippen LogP contribution in [0.25, 0.3) is 6.08 Å². The Kier molecular flexibility index (Phi) is 3.15. The van der Waals surface area contributed by atoms with Gasteiger partial charge in [-0.15, -0.1) is 0 Å². The molecule has 0 spiro atoms. The van der Waals surface area contributed by atoms with Gasteiger partial charge >= 0.3 is 12.1 Å². The molecule has 0 radical (unpaired) electrons. The van der Waals surface area contributed by atoms with E-state index in [2.05, 4.69) is 0 Å². The Balaban J connectivity index is 2.68. The molecule has 108 valence electrons. The number of carboxylic acids is 1. The highest BCUT2D eigenvalue weighted by Gasteiger charge is 2.51. The fourth-order valence-electron chi connectivity index (χ4n) is 1.84. The summed E-state index contributed by atoms with van der Waals surface area (Å²) in [4.78, 5) is 10.8. The second-order valence-electron chi connectivity index (χ2n) is 3.99. The molecule has 0 fully saturated rings. The van der Waals surface area contributed by atoms with Crippen LogP contribution in [0.2, 0.25) is 0 Å². The van der Waals surface area contributed by atoms with Gasteiger partial charge in [0, 0.05) is 11.6 Å². The predicted molar refractivity (Wildman–Crippen MR) is 55.4 cm³/mol. The van der Waals surface area contributed by atoms with Gasteiger partial charge in [-0.1, -0.05) is 4.48 Å². The zero-order valence-corrected chi connectivity index (χ0v) is 9.38. The van der Waals surface area contributed by atoms with Crippen LogP contribution < -0.4 is 5.12 Å². The zero-order valence-electron chi connectivity index (χ0n) is 9.38. The number of halogens is 6. The first-order chi connectivity index (χ1) is 9.12. The van der Waals surface area contributed by atoms with Crippen molar-refractivity contribution >= 4 is 17.7 Å². The average Bonchev–Trinajstić information content (AvgIpc) is 2.29. The fourth-order valence-corrected chi connectivity index (χ4v) is 1.84. The van der Waals surface area contributed by atoms with Gasteiger partial charge in [-0.25, -0.2) is 13.6 Å². The van der Waals surface area contributed by atoms with Gasteiger partial charge in [0.05, 0.1) is 11.3 Å². The minimum Gasteiger partial charge on any atom is -0.478 e. The van der Waals surface area contributed by atoms with E-state index in [9.17, 15) is 31.2 Å². The Labute approximate surface area is 107 Å². The van der Waals surface area contributed by atoms with E-state index in [0.717, 1.165) is 0 Å². The first-order valence-electron chi connectivity index (χ1n) is 5.08. The zero-order chi connectivity index (χ0) is 15.2. The average molecular weight is 297 g/mol. The van der Waals surface area contributed by atoms with E-state index in [0.29, 0.717) is 12.1 Å². The molecule has 0 aliphatic carbocycles. The lowest BCUT2D eigenvalue weighted by Crippen LogP contribution is -2.46. The molecular weight excluding hydrogens is 292 g/mol. The van der Waals surface area contributed by atoms with Crippen LogP contribution in [0.4, 0.5) is 32.1 Å². The lowest BCUT2D eigenvalue weighted by atomic mass is 9.96. The highest BCUT2D eigenvalue weighted by Crippen LogP contribution is 2.41. The van der Waals surface area contributed by atoms with Crippen LogP contribution in [0.5, 0.6) is 0 Å². The topological polar surface area (TPSA) is 40.5 Å². The Morgan fingerprint density at radius 1 is 1.20 bits per heavy atom. The van der Waals surface area contributed by atoms with Gasteiger partial charge in [0.15, 0.2) is 17.7 Å². The smallest absolute Gasteiger partial charge is 0.416 e. The third-order valence-corrected chi connectivity index (χ3v) is 2.69. The lowest BCUT2D eigenvalue weighted by Gasteiger charge is -2.31. The third-order valence-electron chi connectivity index (χ3n) is 2.69. The molecule has 2 rings (SSSR count). The van der Waals surface area contributed by atoms with Crippen molar-refractivity contribution in [2.75, 3.05) is 5.12 Å². The van der Waals surface area contributed by atoms with Crippen LogP contribution in [0, 0.1) is 11.6 Å². The number of anilines is 1. The highest BCUT2D eigenvalue weighted by atomic mass is 19.4. The largest absolute Gasteiger partial charge is 0.478 e. The Morgan fingerprint density at radius 3 is 2.25 bits per heavy atom. The van der Waals surface area contributed by atoms with Crippen LogP contribution in [-0.4, -0.2) is 23.3 Å². The summed E-state index contributed by atoms with van der Waals surface area (Å²) in [7, 11) is 0. The molecule has 0 saturated carbocycles. The number of rotatable bonds is 1. The summed E-state index contributed by atoms with van der Waals surface area (Å²) in [5.41, 5.74) is -2.71. The second-order valence-corrected chi connectivity index (χ2v) is 3.99. The van der Waals surface area contributed by atoms with E-state index in [1.54, 1.807) is 0 Å². The fraction of sp³-hybridized carbons (Fsp3) is 0.182. The maximum atomic E-state index is 13.8. The molecule has 1 atom stereocenters. The Morgan fingerprint density at radius 2 is 1.75 bits per heavy atom. The van der Waals surface area contributed by atoms with Crippen molar-refractivity contribution in [2.24, 2.45) is 0 Å². The van der Waals surface area contributed by atoms with E-state index in [1.165, 1.54) is 0 Å². The van der Waals surface area contributed by atoms with Crippen molar-refractivity contribution in [2.45, 2.75) is 12.2 Å². The van der Waals surface area contributed by atoms with E-state index >= 15 is 0 Å². The minimum atomic E-state index is -5.23. The van der Waals surface area contributed by atoms with Gasteiger partial charge in [-0.3, -0.25) is 0 Å². The van der Waals surface area contributed by atoms with Crippen LogP contribution in [0.3, 0.4) is 0 Å². The molecule has 1 heterocycles. The molecule has 1 unspecified atom stereocenters. The predicted octanol–water partition coefficient (Wildman–Crippen LogP) is 3.07. The molecule has 20 heavy (non-hydrogen) atoms. The second kappa shape index (κ2) is 4.43. The molecule has 0 amide bonds. The number of aliphatic carboxylic acids is 1. The molecule has 1 aromatic carbocycles. The van der Waals surface area contributed by atoms with Crippen LogP contribution in [0.1, 0.15) is 5.56 Å². The van der Waals surface area contributed by atoms with Gasteiger partial charge in [0.2, 0.25) is 0 Å². The molecule has 0 saturated heterocycles. The molecule has 9 heteroatoms. The van der Waals surface area contributed by atoms with Crippen LogP contribution in [-0.2, 0) is 4.79 Å². The van der Waals surface area contributed by atoms with Gasteiger partial charge < -0.3 is 5.11 Å². The first-order valence-corrected chi connectivity index (χ1v) is 5.08. The van der Waals surface area contributed by atoms with Crippen molar-refractivity contribution in [1.82, 2.24) is 0 Å². The number of fused-ring (bicyclic) bond motifs is 1.